The molecule has 1 N–H and O–H groups in total. The molecule has 5 nitrogen and oxygen atoms in total. The lowest BCUT2D eigenvalue weighted by Gasteiger charge is -2.09. The van der Waals surface area contributed by atoms with Gasteiger partial charge in [0.15, 0.2) is 0 Å². The van der Waals surface area contributed by atoms with Crippen LogP contribution in [0, 0.1) is 6.92 Å². The van der Waals surface area contributed by atoms with Crippen LogP contribution in [0.3, 0.4) is 0 Å². The monoisotopic (exact) mass is 349 g/mol. The van der Waals surface area contributed by atoms with Crippen molar-refractivity contribution in [3.63, 3.8) is 0 Å². The van der Waals surface area contributed by atoms with Crippen LogP contribution in [0.4, 0.5) is 5.69 Å². The molecule has 0 fully saturated rings. The first-order valence-electron chi connectivity index (χ1n) is 6.03. The van der Waals surface area contributed by atoms with Crippen molar-refractivity contribution in [2.45, 2.75) is 13.5 Å². The topological polar surface area (TPSA) is 55.6 Å². The molecule has 0 amide bonds. The number of aryl methyl sites for hydroxylation is 1. The van der Waals surface area contributed by atoms with Gasteiger partial charge in [-0.2, -0.15) is 0 Å². The molecule has 1 aromatic carbocycles. The molecule has 0 saturated heterocycles. The van der Waals surface area contributed by atoms with Crippen LogP contribution in [0.15, 0.2) is 39.8 Å². The van der Waals surface area contributed by atoms with Crippen LogP contribution in [0.5, 0.6) is 0 Å². The number of anilines is 1. The first kappa shape index (κ1) is 13.3. The normalized spacial score (nSPS) is 10.7. The van der Waals surface area contributed by atoms with Gasteiger partial charge in [-0.25, -0.2) is 4.68 Å². The molecule has 102 valence electrons. The second kappa shape index (κ2) is 5.72. The molecule has 3 aromatic rings. The summed E-state index contributed by atoms with van der Waals surface area (Å²) in [5, 5.41) is 16.8. The van der Waals surface area contributed by atoms with Crippen molar-refractivity contribution in [3.05, 3.63) is 50.9 Å². The molecule has 0 aliphatic rings. The Morgan fingerprint density at radius 1 is 1.35 bits per heavy atom. The van der Waals surface area contributed by atoms with E-state index in [0.29, 0.717) is 0 Å². The molecule has 0 aliphatic carbocycles. The molecular weight excluding hydrogens is 338 g/mol. The maximum Gasteiger partial charge on any atom is 0.143 e. The minimum absolute atomic E-state index is 0.811. The van der Waals surface area contributed by atoms with Gasteiger partial charge < -0.3 is 5.32 Å². The summed E-state index contributed by atoms with van der Waals surface area (Å²) < 4.78 is 2.81. The molecule has 0 aliphatic heterocycles. The largest absolute Gasteiger partial charge is 0.381 e. The van der Waals surface area contributed by atoms with E-state index in [4.69, 9.17) is 0 Å². The zero-order chi connectivity index (χ0) is 13.9. The average molecular weight is 350 g/mol. The summed E-state index contributed by atoms with van der Waals surface area (Å²) >= 11 is 5.17. The summed E-state index contributed by atoms with van der Waals surface area (Å²) in [4.78, 5) is 0. The number of hydrogen-bond donors (Lipinski definition) is 1. The summed E-state index contributed by atoms with van der Waals surface area (Å²) in [6.07, 6.45) is 1.60. The van der Waals surface area contributed by atoms with Crippen molar-refractivity contribution < 1.29 is 0 Å². The molecule has 0 spiro atoms. The minimum atomic E-state index is 0.811. The van der Waals surface area contributed by atoms with Crippen molar-refractivity contribution in [2.75, 3.05) is 5.32 Å². The lowest BCUT2D eigenvalue weighted by Crippen LogP contribution is -2.01. The number of halogens is 1. The van der Waals surface area contributed by atoms with E-state index in [0.717, 1.165) is 27.3 Å². The number of aromatic nitrogens is 4. The number of hydrogen-bond acceptors (Lipinski definition) is 5. The highest BCUT2D eigenvalue weighted by molar-refractivity contribution is 9.11. The van der Waals surface area contributed by atoms with Gasteiger partial charge in [-0.3, -0.25) is 0 Å². The molecule has 2 heterocycles. The Morgan fingerprint density at radius 3 is 2.90 bits per heavy atom. The molecule has 3 rings (SSSR count). The van der Waals surface area contributed by atoms with Gasteiger partial charge in [-0.05, 0) is 74.1 Å². The third-order valence-electron chi connectivity index (χ3n) is 2.91. The number of tetrazole rings is 1. The second-order valence-corrected chi connectivity index (χ2v) is 6.66. The molecule has 0 atom stereocenters. The fourth-order valence-electron chi connectivity index (χ4n) is 1.94. The maximum absolute atomic E-state index is 3.90. The van der Waals surface area contributed by atoms with Crippen molar-refractivity contribution in [3.8, 4) is 5.69 Å². The predicted octanol–water partition coefficient (Wildman–Crippen LogP) is 3.41. The van der Waals surface area contributed by atoms with Gasteiger partial charge in [0.1, 0.15) is 6.33 Å². The SMILES string of the molecule is Cc1cc(NCc2csc(Br)c2)ccc1-n1cnnn1. The molecule has 0 saturated carbocycles. The van der Waals surface area contributed by atoms with E-state index in [1.807, 2.05) is 19.1 Å². The molecular formula is C13H12BrN5S. The Bertz CT molecular complexity index is 707. The van der Waals surface area contributed by atoms with E-state index >= 15 is 0 Å². The quantitative estimate of drug-likeness (QED) is 0.784. The minimum Gasteiger partial charge on any atom is -0.381 e. The summed E-state index contributed by atoms with van der Waals surface area (Å²) in [7, 11) is 0. The van der Waals surface area contributed by atoms with Gasteiger partial charge >= 0.3 is 0 Å². The van der Waals surface area contributed by atoms with Gasteiger partial charge in [0, 0.05) is 12.2 Å². The number of thiophene rings is 1. The standard InChI is InChI=1S/C13H12BrN5S/c1-9-4-11(15-6-10-5-13(14)20-7-10)2-3-12(9)19-8-16-17-18-19/h2-5,7-8,15H,6H2,1H3. The van der Waals surface area contributed by atoms with E-state index in [2.05, 4.69) is 54.3 Å². The molecule has 2 aromatic heterocycles. The molecule has 0 unspecified atom stereocenters. The van der Waals surface area contributed by atoms with Crippen LogP contribution in [-0.2, 0) is 6.54 Å². The third kappa shape index (κ3) is 2.88. The second-order valence-electron chi connectivity index (χ2n) is 4.37. The van der Waals surface area contributed by atoms with Crippen LogP contribution in [0.2, 0.25) is 0 Å². The van der Waals surface area contributed by atoms with Gasteiger partial charge in [0.2, 0.25) is 0 Å². The molecule has 7 heteroatoms. The van der Waals surface area contributed by atoms with Crippen LogP contribution in [-0.4, -0.2) is 20.2 Å². The first-order valence-corrected chi connectivity index (χ1v) is 7.70. The van der Waals surface area contributed by atoms with E-state index in [-0.39, 0.29) is 0 Å². The van der Waals surface area contributed by atoms with Crippen molar-refractivity contribution in [1.29, 1.82) is 0 Å². The summed E-state index contributed by atoms with van der Waals surface area (Å²) in [5.41, 5.74) is 4.46. The first-order chi connectivity index (χ1) is 9.72. The number of benzene rings is 1. The number of rotatable bonds is 4. The summed E-state index contributed by atoms with van der Waals surface area (Å²) in [6, 6.07) is 8.27. The zero-order valence-corrected chi connectivity index (χ0v) is 13.1. The molecule has 20 heavy (non-hydrogen) atoms. The van der Waals surface area contributed by atoms with Gasteiger partial charge in [-0.15, -0.1) is 16.4 Å². The van der Waals surface area contributed by atoms with Crippen LogP contribution in [0.1, 0.15) is 11.1 Å². The molecule has 0 radical (unpaired) electrons. The van der Waals surface area contributed by atoms with Crippen LogP contribution in [0.25, 0.3) is 5.69 Å². The lowest BCUT2D eigenvalue weighted by atomic mass is 10.1. The Kier molecular flexibility index (Phi) is 3.79. The Morgan fingerprint density at radius 2 is 2.25 bits per heavy atom. The van der Waals surface area contributed by atoms with E-state index in [1.54, 1.807) is 22.3 Å². The highest BCUT2D eigenvalue weighted by Gasteiger charge is 2.04. The smallest absolute Gasteiger partial charge is 0.143 e. The van der Waals surface area contributed by atoms with E-state index in [9.17, 15) is 0 Å². The van der Waals surface area contributed by atoms with Crippen molar-refractivity contribution >= 4 is 33.0 Å². The van der Waals surface area contributed by atoms with Gasteiger partial charge in [-0.1, -0.05) is 0 Å². The third-order valence-corrected chi connectivity index (χ3v) is 4.46. The predicted molar refractivity (Wildman–Crippen MR) is 83.2 cm³/mol. The van der Waals surface area contributed by atoms with Crippen LogP contribution < -0.4 is 5.32 Å². The van der Waals surface area contributed by atoms with Gasteiger partial charge in [0.25, 0.3) is 0 Å². The van der Waals surface area contributed by atoms with Crippen LogP contribution >= 0.6 is 27.3 Å². The highest BCUT2D eigenvalue weighted by atomic mass is 79.9. The number of nitrogens with one attached hydrogen (secondary N) is 1. The molecule has 0 bridgehead atoms. The van der Waals surface area contributed by atoms with Crippen molar-refractivity contribution in [1.82, 2.24) is 20.2 Å². The maximum atomic E-state index is 3.90. The number of nitrogens with zero attached hydrogens (tertiary/aromatic N) is 4. The van der Waals surface area contributed by atoms with E-state index < -0.39 is 0 Å². The van der Waals surface area contributed by atoms with E-state index in [1.165, 1.54) is 5.56 Å². The Hall–Kier alpha value is -1.73. The summed E-state index contributed by atoms with van der Waals surface area (Å²) in [5.74, 6) is 0. The summed E-state index contributed by atoms with van der Waals surface area (Å²) in [6.45, 7) is 2.86. The fraction of sp³-hybridized carbons (Fsp3) is 0.154. The fourth-order valence-corrected chi connectivity index (χ4v) is 3.15. The Labute approximate surface area is 128 Å². The average Bonchev–Trinajstić information content (AvgIpc) is 3.08. The zero-order valence-electron chi connectivity index (χ0n) is 10.7. The van der Waals surface area contributed by atoms with Gasteiger partial charge in [0.05, 0.1) is 9.47 Å². The Balaban J connectivity index is 1.74. The highest BCUT2D eigenvalue weighted by Crippen LogP contribution is 2.22. The lowest BCUT2D eigenvalue weighted by molar-refractivity contribution is 0.785. The van der Waals surface area contributed by atoms with Crippen molar-refractivity contribution in [2.24, 2.45) is 0 Å².